The van der Waals surface area contributed by atoms with E-state index in [2.05, 4.69) is 33.8 Å². The van der Waals surface area contributed by atoms with Crippen LogP contribution >= 0.6 is 11.8 Å². The number of aromatic nitrogens is 1. The maximum atomic E-state index is 13.2. The normalized spacial score (nSPS) is 11.9. The monoisotopic (exact) mass is 336 g/mol. The molecule has 0 saturated heterocycles. The van der Waals surface area contributed by atoms with E-state index in [1.54, 1.807) is 0 Å². The van der Waals surface area contributed by atoms with E-state index in [0.29, 0.717) is 0 Å². The predicted octanol–water partition coefficient (Wildman–Crippen LogP) is 3.16. The summed E-state index contributed by atoms with van der Waals surface area (Å²) in [7, 11) is 0. The van der Waals surface area contributed by atoms with Crippen LogP contribution in [-0.4, -0.2) is 42.6 Å². The lowest BCUT2D eigenvalue weighted by Crippen LogP contribution is -2.38. The van der Waals surface area contributed by atoms with E-state index in [1.165, 1.54) is 17.7 Å². The number of H-pyrrole nitrogens is 1. The Morgan fingerprint density at radius 2 is 2.22 bits per heavy atom. The van der Waals surface area contributed by atoms with Crippen LogP contribution in [0.25, 0.3) is 10.9 Å². The Balaban J connectivity index is 1.87. The van der Waals surface area contributed by atoms with Gasteiger partial charge in [-0.15, -0.1) is 0 Å². The van der Waals surface area contributed by atoms with E-state index in [1.807, 2.05) is 24.0 Å². The first-order valence-corrected chi connectivity index (χ1v) is 9.40. The van der Waals surface area contributed by atoms with Crippen molar-refractivity contribution in [3.8, 4) is 0 Å². The molecule has 4 nitrogen and oxygen atoms in total. The molecule has 2 rings (SSSR count). The van der Waals surface area contributed by atoms with Crippen LogP contribution in [0.15, 0.2) is 29.4 Å². The van der Waals surface area contributed by atoms with Crippen LogP contribution in [0.4, 0.5) is 4.39 Å². The number of aromatic amines is 1. The smallest absolute Gasteiger partial charge is 0.191 e. The second-order valence-electron chi connectivity index (χ2n) is 5.29. The number of aliphatic imine (C=N–C) groups is 1. The first-order chi connectivity index (χ1) is 11.2. The summed E-state index contributed by atoms with van der Waals surface area (Å²) in [5.74, 6) is 1.78. The van der Waals surface area contributed by atoms with Crippen LogP contribution in [0.2, 0.25) is 0 Å². The summed E-state index contributed by atoms with van der Waals surface area (Å²) in [6.07, 6.45) is 6.02. The molecule has 0 amide bonds. The summed E-state index contributed by atoms with van der Waals surface area (Å²) in [5, 5.41) is 7.69. The Labute approximate surface area is 141 Å². The van der Waals surface area contributed by atoms with Crippen LogP contribution < -0.4 is 10.6 Å². The van der Waals surface area contributed by atoms with Crippen LogP contribution in [0, 0.1) is 5.82 Å². The van der Waals surface area contributed by atoms with E-state index in [4.69, 9.17) is 0 Å². The first kappa shape index (κ1) is 17.7. The number of thioether (sulfide) groups is 1. The Morgan fingerprint density at radius 1 is 1.35 bits per heavy atom. The molecule has 0 radical (unpaired) electrons. The molecule has 0 atom stereocenters. The van der Waals surface area contributed by atoms with Crippen molar-refractivity contribution in [3.05, 3.63) is 35.8 Å². The lowest BCUT2D eigenvalue weighted by Gasteiger charge is -2.11. The van der Waals surface area contributed by atoms with Gasteiger partial charge in [0.2, 0.25) is 0 Å². The van der Waals surface area contributed by atoms with Gasteiger partial charge >= 0.3 is 0 Å². The Kier molecular flexibility index (Phi) is 7.26. The third-order valence-electron chi connectivity index (χ3n) is 3.54. The molecule has 3 N–H and O–H groups in total. The molecule has 6 heteroatoms. The van der Waals surface area contributed by atoms with Gasteiger partial charge in [-0.2, -0.15) is 11.8 Å². The predicted molar refractivity (Wildman–Crippen MR) is 98.9 cm³/mol. The van der Waals surface area contributed by atoms with Crippen molar-refractivity contribution >= 4 is 28.6 Å². The van der Waals surface area contributed by atoms with Gasteiger partial charge in [0, 0.05) is 36.7 Å². The molecule has 0 fully saturated rings. The minimum absolute atomic E-state index is 0.212. The van der Waals surface area contributed by atoms with E-state index in [-0.39, 0.29) is 5.82 Å². The summed E-state index contributed by atoms with van der Waals surface area (Å²) >= 11 is 1.84. The third kappa shape index (κ3) is 5.46. The average molecular weight is 336 g/mol. The molecular formula is C17H25FN4S. The van der Waals surface area contributed by atoms with Gasteiger partial charge < -0.3 is 15.6 Å². The van der Waals surface area contributed by atoms with Crippen molar-refractivity contribution in [2.75, 3.05) is 31.6 Å². The first-order valence-electron chi connectivity index (χ1n) is 8.01. The van der Waals surface area contributed by atoms with Crippen molar-refractivity contribution in [1.29, 1.82) is 0 Å². The summed E-state index contributed by atoms with van der Waals surface area (Å²) in [5.41, 5.74) is 2.03. The number of benzene rings is 1. The average Bonchev–Trinajstić information content (AvgIpc) is 2.93. The second-order valence-corrected chi connectivity index (χ2v) is 6.27. The van der Waals surface area contributed by atoms with Gasteiger partial charge in [-0.3, -0.25) is 4.99 Å². The van der Waals surface area contributed by atoms with Gasteiger partial charge in [0.15, 0.2) is 5.96 Å². The second kappa shape index (κ2) is 9.45. The van der Waals surface area contributed by atoms with E-state index < -0.39 is 0 Å². The number of nitrogens with one attached hydrogen (secondary N) is 3. The zero-order chi connectivity index (χ0) is 16.5. The Hall–Kier alpha value is -1.69. The molecule has 1 aromatic carbocycles. The van der Waals surface area contributed by atoms with Crippen LogP contribution in [0.5, 0.6) is 0 Å². The number of hydrogen-bond acceptors (Lipinski definition) is 2. The quantitative estimate of drug-likeness (QED) is 0.394. The molecule has 0 aliphatic carbocycles. The maximum Gasteiger partial charge on any atom is 0.191 e. The lowest BCUT2D eigenvalue weighted by atomic mass is 10.1. The van der Waals surface area contributed by atoms with Crippen LogP contribution in [0.3, 0.4) is 0 Å². The van der Waals surface area contributed by atoms with E-state index >= 15 is 0 Å². The van der Waals surface area contributed by atoms with Gasteiger partial charge in [0.25, 0.3) is 0 Å². The standard InChI is InChI=1S/C17H25FN4S/c1-3-19-17(20-8-4-10-23-2)21-9-7-13-12-22-16-11-14(18)5-6-15(13)16/h5-6,11-12,22H,3-4,7-10H2,1-2H3,(H2,19,20,21). The fourth-order valence-electron chi connectivity index (χ4n) is 2.42. The van der Waals surface area contributed by atoms with Crippen LogP contribution in [-0.2, 0) is 6.42 Å². The van der Waals surface area contributed by atoms with E-state index in [9.17, 15) is 4.39 Å². The van der Waals surface area contributed by atoms with Gasteiger partial charge in [0.05, 0.1) is 0 Å². The van der Waals surface area contributed by atoms with Crippen molar-refractivity contribution < 1.29 is 4.39 Å². The number of hydrogen-bond donors (Lipinski definition) is 3. The molecule has 0 unspecified atom stereocenters. The molecule has 0 bridgehead atoms. The topological polar surface area (TPSA) is 52.2 Å². The molecule has 2 aromatic rings. The Morgan fingerprint density at radius 3 is 3.00 bits per heavy atom. The molecule has 1 aromatic heterocycles. The minimum atomic E-state index is -0.212. The molecule has 126 valence electrons. The number of rotatable bonds is 8. The minimum Gasteiger partial charge on any atom is -0.361 e. The summed E-state index contributed by atoms with van der Waals surface area (Å²) in [4.78, 5) is 7.69. The number of nitrogens with zero attached hydrogens (tertiary/aromatic N) is 1. The maximum absolute atomic E-state index is 13.2. The van der Waals surface area contributed by atoms with Gasteiger partial charge in [-0.25, -0.2) is 4.39 Å². The fourth-order valence-corrected chi connectivity index (χ4v) is 2.84. The highest BCUT2D eigenvalue weighted by molar-refractivity contribution is 7.98. The summed E-state index contributed by atoms with van der Waals surface area (Å²) in [6.45, 7) is 4.54. The molecule has 0 saturated carbocycles. The van der Waals surface area contributed by atoms with Gasteiger partial charge in [-0.1, -0.05) is 0 Å². The molecular weight excluding hydrogens is 311 g/mol. The molecule has 23 heavy (non-hydrogen) atoms. The number of guanidine groups is 1. The van der Waals surface area contributed by atoms with Crippen molar-refractivity contribution in [1.82, 2.24) is 15.6 Å². The zero-order valence-corrected chi connectivity index (χ0v) is 14.6. The number of halogens is 1. The third-order valence-corrected chi connectivity index (χ3v) is 4.23. The largest absolute Gasteiger partial charge is 0.361 e. The van der Waals surface area contributed by atoms with Gasteiger partial charge in [0.1, 0.15) is 5.82 Å². The SMILES string of the molecule is CCNC(=NCCCSC)NCCc1c[nH]c2cc(F)ccc12. The Bertz CT molecular complexity index is 639. The summed E-state index contributed by atoms with van der Waals surface area (Å²) in [6, 6.07) is 4.87. The van der Waals surface area contributed by atoms with Crippen molar-refractivity contribution in [3.63, 3.8) is 0 Å². The van der Waals surface area contributed by atoms with Gasteiger partial charge in [-0.05, 0) is 55.5 Å². The summed E-state index contributed by atoms with van der Waals surface area (Å²) < 4.78 is 13.2. The number of fused-ring (bicyclic) bond motifs is 1. The van der Waals surface area contributed by atoms with Crippen LogP contribution in [0.1, 0.15) is 18.9 Å². The fraction of sp³-hybridized carbons (Fsp3) is 0.471. The van der Waals surface area contributed by atoms with E-state index in [0.717, 1.165) is 55.1 Å². The highest BCUT2D eigenvalue weighted by Gasteiger charge is 2.05. The molecule has 0 spiro atoms. The zero-order valence-electron chi connectivity index (χ0n) is 13.8. The van der Waals surface area contributed by atoms with Crippen molar-refractivity contribution in [2.24, 2.45) is 4.99 Å². The highest BCUT2D eigenvalue weighted by Crippen LogP contribution is 2.19. The molecule has 1 heterocycles. The van der Waals surface area contributed by atoms with Crippen molar-refractivity contribution in [2.45, 2.75) is 19.8 Å². The lowest BCUT2D eigenvalue weighted by molar-refractivity contribution is 0.629. The molecule has 0 aliphatic rings. The highest BCUT2D eigenvalue weighted by atomic mass is 32.2. The molecule has 0 aliphatic heterocycles.